The monoisotopic (exact) mass is 413 g/mol. The lowest BCUT2D eigenvalue weighted by molar-refractivity contribution is 0.822. The van der Waals surface area contributed by atoms with Gasteiger partial charge in [0.05, 0.1) is 0 Å². The van der Waals surface area contributed by atoms with Gasteiger partial charge in [0.2, 0.25) is 0 Å². The van der Waals surface area contributed by atoms with Crippen LogP contribution >= 0.6 is 47.2 Å². The van der Waals surface area contributed by atoms with E-state index in [1.807, 2.05) is 18.2 Å². The normalized spacial score (nSPS) is 10.6. The van der Waals surface area contributed by atoms with Gasteiger partial charge < -0.3 is 10.6 Å². The summed E-state index contributed by atoms with van der Waals surface area (Å²) in [5.41, 5.74) is 0.951. The van der Waals surface area contributed by atoms with E-state index in [0.717, 1.165) is 17.9 Å². The molecule has 0 fully saturated rings. The van der Waals surface area contributed by atoms with Crippen LogP contribution in [-0.4, -0.2) is 26.1 Å². The van der Waals surface area contributed by atoms with E-state index in [4.69, 9.17) is 23.2 Å². The highest BCUT2D eigenvalue weighted by Gasteiger charge is 2.05. The van der Waals surface area contributed by atoms with E-state index in [9.17, 15) is 0 Å². The Hall–Kier alpha value is -0.460. The second kappa shape index (κ2) is 10.3. The third-order valence-electron chi connectivity index (χ3n) is 2.37. The molecule has 0 amide bonds. The van der Waals surface area contributed by atoms with E-state index in [1.165, 1.54) is 0 Å². The van der Waals surface area contributed by atoms with Crippen LogP contribution in [0.3, 0.4) is 0 Å². The van der Waals surface area contributed by atoms with E-state index in [2.05, 4.69) is 22.2 Å². The fourth-order valence-corrected chi connectivity index (χ4v) is 2.05. The molecule has 0 aliphatic carbocycles. The van der Waals surface area contributed by atoms with Gasteiger partial charge in [-0.25, -0.2) is 0 Å². The number of benzene rings is 1. The van der Waals surface area contributed by atoms with Crippen LogP contribution in [0.4, 0.5) is 0 Å². The maximum absolute atomic E-state index is 6.09. The molecular weight excluding hydrogens is 396 g/mol. The van der Waals surface area contributed by atoms with Crippen molar-refractivity contribution in [3.63, 3.8) is 0 Å². The van der Waals surface area contributed by atoms with E-state index < -0.39 is 0 Å². The Kier molecular flexibility index (Phi) is 10.1. The average Bonchev–Trinajstić information content (AvgIpc) is 2.36. The first-order valence-corrected chi connectivity index (χ1v) is 6.43. The van der Waals surface area contributed by atoms with Gasteiger partial charge in [-0.15, -0.1) is 30.6 Å². The maximum atomic E-state index is 6.09. The predicted octanol–water partition coefficient (Wildman–Crippen LogP) is 3.50. The molecule has 0 bridgehead atoms. The van der Waals surface area contributed by atoms with Crippen molar-refractivity contribution >= 4 is 53.1 Å². The van der Waals surface area contributed by atoms with Gasteiger partial charge in [0.1, 0.15) is 0 Å². The van der Waals surface area contributed by atoms with Gasteiger partial charge in [-0.05, 0) is 24.1 Å². The van der Waals surface area contributed by atoms with Gasteiger partial charge in [-0.2, -0.15) is 0 Å². The van der Waals surface area contributed by atoms with Crippen LogP contribution in [0.5, 0.6) is 0 Å². The van der Waals surface area contributed by atoms with Gasteiger partial charge in [-0.3, -0.25) is 4.99 Å². The number of nitrogens with one attached hydrogen (secondary N) is 2. The standard InChI is InChI=1S/C13H17Cl2N3.HI/c1-3-8-17-13(16-2)18-9-7-10-11(14)5-4-6-12(10)15;/h3-6H,1,7-9H2,2H3,(H2,16,17,18);1H. The number of nitrogens with zero attached hydrogens (tertiary/aromatic N) is 1. The summed E-state index contributed by atoms with van der Waals surface area (Å²) in [5, 5.41) is 7.66. The molecular formula is C13H18Cl2IN3. The van der Waals surface area contributed by atoms with Crippen molar-refractivity contribution in [2.24, 2.45) is 4.99 Å². The van der Waals surface area contributed by atoms with Crippen molar-refractivity contribution in [2.75, 3.05) is 20.1 Å². The quantitative estimate of drug-likeness (QED) is 0.335. The van der Waals surface area contributed by atoms with Crippen molar-refractivity contribution in [3.8, 4) is 0 Å². The fourth-order valence-electron chi connectivity index (χ4n) is 1.47. The Morgan fingerprint density at radius 3 is 2.47 bits per heavy atom. The zero-order chi connectivity index (χ0) is 13.4. The highest BCUT2D eigenvalue weighted by Crippen LogP contribution is 2.24. The number of aliphatic imine (C=N–C) groups is 1. The fraction of sp³-hybridized carbons (Fsp3) is 0.308. The molecule has 0 aliphatic heterocycles. The lowest BCUT2D eigenvalue weighted by Crippen LogP contribution is -2.38. The van der Waals surface area contributed by atoms with Crippen molar-refractivity contribution in [3.05, 3.63) is 46.5 Å². The molecule has 0 spiro atoms. The number of guanidine groups is 1. The van der Waals surface area contributed by atoms with Gasteiger partial charge in [0.15, 0.2) is 5.96 Å². The Balaban J connectivity index is 0.00000324. The summed E-state index contributed by atoms with van der Waals surface area (Å²) in [6.45, 7) is 5.02. The minimum absolute atomic E-state index is 0. The van der Waals surface area contributed by atoms with Gasteiger partial charge in [0, 0.05) is 30.2 Å². The summed E-state index contributed by atoms with van der Waals surface area (Å²) < 4.78 is 0. The molecule has 2 N–H and O–H groups in total. The molecule has 1 aromatic rings. The molecule has 0 unspecified atom stereocenters. The Bertz CT molecular complexity index is 416. The van der Waals surface area contributed by atoms with Crippen LogP contribution in [0, 0.1) is 0 Å². The van der Waals surface area contributed by atoms with Crippen molar-refractivity contribution in [1.29, 1.82) is 0 Å². The van der Waals surface area contributed by atoms with E-state index in [1.54, 1.807) is 13.1 Å². The molecule has 1 aromatic carbocycles. The molecule has 0 aliphatic rings. The van der Waals surface area contributed by atoms with Crippen LogP contribution in [0.15, 0.2) is 35.8 Å². The second-order valence-corrected chi connectivity index (χ2v) is 4.43. The molecule has 0 heterocycles. The first-order chi connectivity index (χ1) is 8.69. The number of hydrogen-bond acceptors (Lipinski definition) is 1. The van der Waals surface area contributed by atoms with Crippen molar-refractivity contribution in [1.82, 2.24) is 10.6 Å². The summed E-state index contributed by atoms with van der Waals surface area (Å²) in [7, 11) is 1.72. The van der Waals surface area contributed by atoms with E-state index >= 15 is 0 Å². The number of halogens is 3. The molecule has 1 rings (SSSR count). The summed E-state index contributed by atoms with van der Waals surface area (Å²) in [6.07, 6.45) is 2.52. The van der Waals surface area contributed by atoms with Gasteiger partial charge >= 0.3 is 0 Å². The topological polar surface area (TPSA) is 36.4 Å². The number of rotatable bonds is 5. The van der Waals surface area contributed by atoms with Crippen molar-refractivity contribution in [2.45, 2.75) is 6.42 Å². The minimum Gasteiger partial charge on any atom is -0.356 e. The van der Waals surface area contributed by atoms with Crippen LogP contribution < -0.4 is 10.6 Å². The van der Waals surface area contributed by atoms with Gasteiger partial charge in [-0.1, -0.05) is 35.3 Å². The van der Waals surface area contributed by atoms with Crippen LogP contribution in [-0.2, 0) is 6.42 Å². The highest BCUT2D eigenvalue weighted by atomic mass is 127. The molecule has 106 valence electrons. The predicted molar refractivity (Wildman–Crippen MR) is 95.1 cm³/mol. The molecule has 0 saturated heterocycles. The highest BCUT2D eigenvalue weighted by molar-refractivity contribution is 14.0. The maximum Gasteiger partial charge on any atom is 0.191 e. The van der Waals surface area contributed by atoms with Crippen LogP contribution in [0.2, 0.25) is 10.0 Å². The van der Waals surface area contributed by atoms with E-state index in [0.29, 0.717) is 23.1 Å². The Morgan fingerprint density at radius 2 is 1.95 bits per heavy atom. The zero-order valence-corrected chi connectivity index (χ0v) is 14.6. The Labute approximate surface area is 141 Å². The molecule has 0 atom stereocenters. The first kappa shape index (κ1) is 18.5. The molecule has 0 radical (unpaired) electrons. The molecule has 19 heavy (non-hydrogen) atoms. The average molecular weight is 414 g/mol. The van der Waals surface area contributed by atoms with Crippen LogP contribution in [0.25, 0.3) is 0 Å². The molecule has 6 heteroatoms. The van der Waals surface area contributed by atoms with Crippen molar-refractivity contribution < 1.29 is 0 Å². The van der Waals surface area contributed by atoms with Gasteiger partial charge in [0.25, 0.3) is 0 Å². The lowest BCUT2D eigenvalue weighted by Gasteiger charge is -2.11. The smallest absolute Gasteiger partial charge is 0.191 e. The minimum atomic E-state index is 0. The third kappa shape index (κ3) is 6.49. The Morgan fingerprint density at radius 1 is 1.32 bits per heavy atom. The zero-order valence-electron chi connectivity index (χ0n) is 10.7. The molecule has 3 nitrogen and oxygen atoms in total. The van der Waals surface area contributed by atoms with Crippen LogP contribution in [0.1, 0.15) is 5.56 Å². The largest absolute Gasteiger partial charge is 0.356 e. The summed E-state index contributed by atoms with van der Waals surface area (Å²) in [4.78, 5) is 4.08. The SMILES string of the molecule is C=CCNC(=NC)NCCc1c(Cl)cccc1Cl.I. The lowest BCUT2D eigenvalue weighted by atomic mass is 10.1. The second-order valence-electron chi connectivity index (χ2n) is 3.62. The molecule has 0 saturated carbocycles. The number of hydrogen-bond donors (Lipinski definition) is 2. The van der Waals surface area contributed by atoms with E-state index in [-0.39, 0.29) is 24.0 Å². The summed E-state index contributed by atoms with van der Waals surface area (Å²) in [6, 6.07) is 5.52. The third-order valence-corrected chi connectivity index (χ3v) is 3.07. The summed E-state index contributed by atoms with van der Waals surface area (Å²) >= 11 is 12.2. The molecule has 0 aromatic heterocycles. The summed E-state index contributed by atoms with van der Waals surface area (Å²) in [5.74, 6) is 0.734. The first-order valence-electron chi connectivity index (χ1n) is 5.67.